The van der Waals surface area contributed by atoms with Gasteiger partial charge in [-0.2, -0.15) is 0 Å². The summed E-state index contributed by atoms with van der Waals surface area (Å²) in [5.41, 5.74) is 1.71. The highest BCUT2D eigenvalue weighted by Crippen LogP contribution is 2.21. The van der Waals surface area contributed by atoms with E-state index in [1.54, 1.807) is 25.4 Å². The molecule has 18 heavy (non-hydrogen) atoms. The molecule has 0 radical (unpaired) electrons. The quantitative estimate of drug-likeness (QED) is 0.831. The lowest BCUT2D eigenvalue weighted by Gasteiger charge is -2.09. The molecule has 1 aromatic heterocycles. The van der Waals surface area contributed by atoms with E-state index in [1.807, 2.05) is 13.0 Å². The van der Waals surface area contributed by atoms with Crippen LogP contribution in [0.15, 0.2) is 36.5 Å². The van der Waals surface area contributed by atoms with E-state index in [2.05, 4.69) is 4.98 Å². The van der Waals surface area contributed by atoms with Crippen LogP contribution in [0.3, 0.4) is 0 Å². The normalized spacial score (nSPS) is 10.2. The first kappa shape index (κ1) is 12.4. The number of aryl methyl sites for hydroxylation is 1. The van der Waals surface area contributed by atoms with Gasteiger partial charge in [-0.3, -0.25) is 0 Å². The number of aromatic nitrogens is 1. The van der Waals surface area contributed by atoms with Gasteiger partial charge in [0.15, 0.2) is 0 Å². The van der Waals surface area contributed by atoms with E-state index >= 15 is 0 Å². The van der Waals surface area contributed by atoms with E-state index in [0.717, 1.165) is 5.56 Å². The van der Waals surface area contributed by atoms with Gasteiger partial charge in [0.25, 0.3) is 0 Å². The first-order valence-electron chi connectivity index (χ1n) is 5.57. The third-order valence-corrected chi connectivity index (χ3v) is 2.50. The van der Waals surface area contributed by atoms with Gasteiger partial charge in [-0.25, -0.2) is 9.37 Å². The monoisotopic (exact) mass is 247 g/mol. The van der Waals surface area contributed by atoms with Crippen LogP contribution >= 0.6 is 0 Å². The van der Waals surface area contributed by atoms with Crippen LogP contribution in [0.2, 0.25) is 0 Å². The van der Waals surface area contributed by atoms with Crippen molar-refractivity contribution < 1.29 is 13.9 Å². The standard InChI is InChI=1S/C14H14FNO2/c1-10-3-6-14(16-8-10)18-9-11-7-12(15)4-5-13(11)17-2/h3-8H,9H2,1-2H3. The van der Waals surface area contributed by atoms with Gasteiger partial charge in [0.1, 0.15) is 18.2 Å². The van der Waals surface area contributed by atoms with Crippen LogP contribution in [0.25, 0.3) is 0 Å². The van der Waals surface area contributed by atoms with Crippen LogP contribution in [0, 0.1) is 12.7 Å². The van der Waals surface area contributed by atoms with Crippen molar-refractivity contribution in [2.45, 2.75) is 13.5 Å². The van der Waals surface area contributed by atoms with Gasteiger partial charge >= 0.3 is 0 Å². The zero-order chi connectivity index (χ0) is 13.0. The van der Waals surface area contributed by atoms with E-state index in [-0.39, 0.29) is 12.4 Å². The summed E-state index contributed by atoms with van der Waals surface area (Å²) >= 11 is 0. The summed E-state index contributed by atoms with van der Waals surface area (Å²) < 4.78 is 23.8. The highest BCUT2D eigenvalue weighted by molar-refractivity contribution is 5.33. The zero-order valence-corrected chi connectivity index (χ0v) is 10.3. The summed E-state index contributed by atoms with van der Waals surface area (Å²) in [5, 5.41) is 0. The summed E-state index contributed by atoms with van der Waals surface area (Å²) in [5.74, 6) is 0.793. The maximum absolute atomic E-state index is 13.1. The Morgan fingerprint density at radius 2 is 2.06 bits per heavy atom. The molecule has 2 aromatic rings. The predicted octanol–water partition coefficient (Wildman–Crippen LogP) is 3.12. The number of benzene rings is 1. The Morgan fingerprint density at radius 1 is 1.22 bits per heavy atom. The van der Waals surface area contributed by atoms with Gasteiger partial charge < -0.3 is 9.47 Å². The average Bonchev–Trinajstić information content (AvgIpc) is 2.38. The minimum Gasteiger partial charge on any atom is -0.496 e. The second-order valence-corrected chi connectivity index (χ2v) is 3.92. The predicted molar refractivity (Wildman–Crippen MR) is 66.3 cm³/mol. The largest absolute Gasteiger partial charge is 0.496 e. The molecule has 4 heteroatoms. The number of hydrogen-bond acceptors (Lipinski definition) is 3. The number of halogens is 1. The molecule has 0 amide bonds. The molecule has 0 fully saturated rings. The Kier molecular flexibility index (Phi) is 3.77. The minimum absolute atomic E-state index is 0.219. The number of rotatable bonds is 4. The van der Waals surface area contributed by atoms with Gasteiger partial charge in [0.05, 0.1) is 7.11 Å². The molecule has 1 aromatic carbocycles. The Hall–Kier alpha value is -2.10. The average molecular weight is 247 g/mol. The highest BCUT2D eigenvalue weighted by atomic mass is 19.1. The molecule has 1 heterocycles. The van der Waals surface area contributed by atoms with Crippen molar-refractivity contribution in [3.63, 3.8) is 0 Å². The molecule has 0 saturated carbocycles. The fourth-order valence-electron chi connectivity index (χ4n) is 1.55. The summed E-state index contributed by atoms with van der Waals surface area (Å²) in [4.78, 5) is 4.11. The molecule has 0 aliphatic heterocycles. The topological polar surface area (TPSA) is 31.4 Å². The van der Waals surface area contributed by atoms with Crippen LogP contribution in [0.1, 0.15) is 11.1 Å². The van der Waals surface area contributed by atoms with E-state index < -0.39 is 0 Å². The Morgan fingerprint density at radius 3 is 2.72 bits per heavy atom. The fraction of sp³-hybridized carbons (Fsp3) is 0.214. The van der Waals surface area contributed by atoms with Crippen LogP contribution < -0.4 is 9.47 Å². The van der Waals surface area contributed by atoms with Crippen molar-refractivity contribution in [3.05, 3.63) is 53.5 Å². The minimum atomic E-state index is -0.314. The lowest BCUT2D eigenvalue weighted by Crippen LogP contribution is -2.00. The number of hydrogen-bond donors (Lipinski definition) is 0. The molecular formula is C14H14FNO2. The molecule has 0 spiro atoms. The van der Waals surface area contributed by atoms with Crippen molar-refractivity contribution in [1.29, 1.82) is 0 Å². The summed E-state index contributed by atoms with van der Waals surface area (Å²) in [6.07, 6.45) is 1.72. The fourth-order valence-corrected chi connectivity index (χ4v) is 1.55. The van der Waals surface area contributed by atoms with Crippen LogP contribution in [0.5, 0.6) is 11.6 Å². The van der Waals surface area contributed by atoms with Crippen molar-refractivity contribution >= 4 is 0 Å². The molecule has 0 aliphatic rings. The van der Waals surface area contributed by atoms with Crippen molar-refractivity contribution in [2.75, 3.05) is 7.11 Å². The third-order valence-electron chi connectivity index (χ3n) is 2.50. The molecule has 0 aliphatic carbocycles. The highest BCUT2D eigenvalue weighted by Gasteiger charge is 2.06. The molecular weight excluding hydrogens is 233 g/mol. The summed E-state index contributed by atoms with van der Waals surface area (Å²) in [6, 6.07) is 8.02. The maximum atomic E-state index is 13.1. The molecule has 3 nitrogen and oxygen atoms in total. The molecule has 0 unspecified atom stereocenters. The number of methoxy groups -OCH3 is 1. The van der Waals surface area contributed by atoms with Gasteiger partial charge in [0.2, 0.25) is 5.88 Å². The van der Waals surface area contributed by atoms with E-state index in [9.17, 15) is 4.39 Å². The van der Waals surface area contributed by atoms with Crippen LogP contribution in [-0.2, 0) is 6.61 Å². The number of ether oxygens (including phenoxy) is 2. The first-order valence-corrected chi connectivity index (χ1v) is 5.57. The third kappa shape index (κ3) is 2.97. The number of pyridine rings is 1. The molecule has 0 saturated heterocycles. The Bertz CT molecular complexity index is 526. The van der Waals surface area contributed by atoms with Crippen LogP contribution in [0.4, 0.5) is 4.39 Å². The van der Waals surface area contributed by atoms with Crippen LogP contribution in [-0.4, -0.2) is 12.1 Å². The molecule has 0 atom stereocenters. The molecule has 94 valence electrons. The van der Waals surface area contributed by atoms with E-state index in [1.165, 1.54) is 12.1 Å². The second kappa shape index (κ2) is 5.49. The van der Waals surface area contributed by atoms with Gasteiger partial charge in [0, 0.05) is 17.8 Å². The second-order valence-electron chi connectivity index (χ2n) is 3.92. The van der Waals surface area contributed by atoms with Crippen molar-refractivity contribution in [3.8, 4) is 11.6 Å². The lowest BCUT2D eigenvalue weighted by molar-refractivity contribution is 0.285. The molecule has 2 rings (SSSR count). The maximum Gasteiger partial charge on any atom is 0.213 e. The summed E-state index contributed by atoms with van der Waals surface area (Å²) in [6.45, 7) is 2.17. The van der Waals surface area contributed by atoms with Gasteiger partial charge in [-0.1, -0.05) is 6.07 Å². The van der Waals surface area contributed by atoms with Crippen molar-refractivity contribution in [2.24, 2.45) is 0 Å². The summed E-state index contributed by atoms with van der Waals surface area (Å²) in [7, 11) is 1.54. The van der Waals surface area contributed by atoms with E-state index in [0.29, 0.717) is 17.2 Å². The zero-order valence-electron chi connectivity index (χ0n) is 10.3. The number of nitrogens with zero attached hydrogens (tertiary/aromatic N) is 1. The van der Waals surface area contributed by atoms with E-state index in [4.69, 9.17) is 9.47 Å². The van der Waals surface area contributed by atoms with Gasteiger partial charge in [-0.15, -0.1) is 0 Å². The molecule has 0 bridgehead atoms. The molecule has 0 N–H and O–H groups in total. The Balaban J connectivity index is 2.09. The smallest absolute Gasteiger partial charge is 0.213 e. The van der Waals surface area contributed by atoms with Crippen molar-refractivity contribution in [1.82, 2.24) is 4.98 Å². The Labute approximate surface area is 105 Å². The SMILES string of the molecule is COc1ccc(F)cc1COc1ccc(C)cn1. The lowest BCUT2D eigenvalue weighted by atomic mass is 10.2. The first-order chi connectivity index (χ1) is 8.69. The van der Waals surface area contributed by atoms with Gasteiger partial charge in [-0.05, 0) is 30.7 Å².